The van der Waals surface area contributed by atoms with E-state index in [-0.39, 0.29) is 17.5 Å². The fourth-order valence-corrected chi connectivity index (χ4v) is 1.75. The maximum Gasteiger partial charge on any atom is 0.416 e. The van der Waals surface area contributed by atoms with Crippen molar-refractivity contribution in [2.75, 3.05) is 5.32 Å². The number of benzene rings is 1. The van der Waals surface area contributed by atoms with E-state index in [1.54, 1.807) is 13.8 Å². The van der Waals surface area contributed by atoms with Gasteiger partial charge in [0.1, 0.15) is 6.04 Å². The van der Waals surface area contributed by atoms with Crippen LogP contribution in [0.4, 0.5) is 18.9 Å². The molecule has 1 aromatic carbocycles. The minimum absolute atomic E-state index is 0.0332. The van der Waals surface area contributed by atoms with Gasteiger partial charge in [0.2, 0.25) is 11.8 Å². The molecule has 2 N–H and O–H groups in total. The highest BCUT2D eigenvalue weighted by Crippen LogP contribution is 2.30. The van der Waals surface area contributed by atoms with Crippen molar-refractivity contribution in [1.29, 1.82) is 0 Å². The van der Waals surface area contributed by atoms with Crippen LogP contribution in [0.2, 0.25) is 0 Å². The highest BCUT2D eigenvalue weighted by atomic mass is 19.4. The molecule has 0 aromatic heterocycles. The van der Waals surface area contributed by atoms with Crippen molar-refractivity contribution >= 4 is 17.5 Å². The standard InChI is InChI=1S/C14H17F3N2O2/c1-8(2)12(18-9(3)20)13(21)19-11-6-4-5-10(7-11)14(15,16)17/h4-8,12H,1-3H3,(H,18,20)(H,19,21)/t12-/m1/s1. The van der Waals surface area contributed by atoms with Crippen LogP contribution in [-0.2, 0) is 15.8 Å². The van der Waals surface area contributed by atoms with E-state index in [1.165, 1.54) is 19.1 Å². The summed E-state index contributed by atoms with van der Waals surface area (Å²) in [6.07, 6.45) is -4.48. The number of hydrogen-bond donors (Lipinski definition) is 2. The third-order valence-electron chi connectivity index (χ3n) is 2.77. The van der Waals surface area contributed by atoms with Crippen molar-refractivity contribution in [1.82, 2.24) is 5.32 Å². The number of nitrogens with one attached hydrogen (secondary N) is 2. The van der Waals surface area contributed by atoms with E-state index in [0.29, 0.717) is 0 Å². The molecule has 0 saturated heterocycles. The predicted molar refractivity (Wildman–Crippen MR) is 72.5 cm³/mol. The second-order valence-electron chi connectivity index (χ2n) is 4.99. The van der Waals surface area contributed by atoms with Crippen LogP contribution in [0.5, 0.6) is 0 Å². The van der Waals surface area contributed by atoms with Crippen LogP contribution in [0.15, 0.2) is 24.3 Å². The first-order chi connectivity index (χ1) is 9.61. The van der Waals surface area contributed by atoms with Crippen LogP contribution in [0.3, 0.4) is 0 Å². The van der Waals surface area contributed by atoms with Gasteiger partial charge in [-0.3, -0.25) is 9.59 Å². The Hall–Kier alpha value is -2.05. The zero-order valence-electron chi connectivity index (χ0n) is 11.9. The zero-order valence-corrected chi connectivity index (χ0v) is 11.9. The van der Waals surface area contributed by atoms with Crippen LogP contribution >= 0.6 is 0 Å². The van der Waals surface area contributed by atoms with Crippen molar-refractivity contribution in [3.8, 4) is 0 Å². The summed E-state index contributed by atoms with van der Waals surface area (Å²) in [5, 5.41) is 4.86. The monoisotopic (exact) mass is 302 g/mol. The molecule has 0 spiro atoms. The van der Waals surface area contributed by atoms with E-state index >= 15 is 0 Å². The molecular formula is C14H17F3N2O2. The number of amides is 2. The average molecular weight is 302 g/mol. The summed E-state index contributed by atoms with van der Waals surface area (Å²) >= 11 is 0. The lowest BCUT2D eigenvalue weighted by molar-refractivity contribution is -0.137. The van der Waals surface area contributed by atoms with Gasteiger partial charge in [-0.15, -0.1) is 0 Å². The molecule has 7 heteroatoms. The van der Waals surface area contributed by atoms with Crippen LogP contribution in [0.1, 0.15) is 26.3 Å². The van der Waals surface area contributed by atoms with E-state index in [0.717, 1.165) is 12.1 Å². The van der Waals surface area contributed by atoms with Gasteiger partial charge in [0.15, 0.2) is 0 Å². The summed E-state index contributed by atoms with van der Waals surface area (Å²) in [4.78, 5) is 23.1. The number of rotatable bonds is 4. The van der Waals surface area contributed by atoms with E-state index in [4.69, 9.17) is 0 Å². The van der Waals surface area contributed by atoms with Crippen molar-refractivity contribution < 1.29 is 22.8 Å². The molecule has 0 saturated carbocycles. The van der Waals surface area contributed by atoms with Crippen LogP contribution < -0.4 is 10.6 Å². The quantitative estimate of drug-likeness (QED) is 0.898. The molecule has 21 heavy (non-hydrogen) atoms. The van der Waals surface area contributed by atoms with Gasteiger partial charge in [-0.1, -0.05) is 19.9 Å². The molecule has 0 fully saturated rings. The van der Waals surface area contributed by atoms with Gasteiger partial charge in [0.25, 0.3) is 0 Å². The van der Waals surface area contributed by atoms with Gasteiger partial charge in [0, 0.05) is 12.6 Å². The smallest absolute Gasteiger partial charge is 0.344 e. The molecule has 0 aliphatic rings. The Morgan fingerprint density at radius 2 is 1.81 bits per heavy atom. The number of halogens is 3. The number of carbonyl (C=O) groups excluding carboxylic acids is 2. The Bertz CT molecular complexity index is 527. The molecule has 0 bridgehead atoms. The van der Waals surface area contributed by atoms with Crippen LogP contribution in [-0.4, -0.2) is 17.9 Å². The average Bonchev–Trinajstić information content (AvgIpc) is 2.34. The summed E-state index contributed by atoms with van der Waals surface area (Å²) in [5.41, 5.74) is -0.813. The molecule has 0 heterocycles. The second kappa shape index (κ2) is 6.60. The number of anilines is 1. The highest BCUT2D eigenvalue weighted by molar-refractivity contribution is 5.97. The first-order valence-electron chi connectivity index (χ1n) is 6.36. The van der Waals surface area contributed by atoms with Gasteiger partial charge >= 0.3 is 6.18 Å². The summed E-state index contributed by atoms with van der Waals surface area (Å²) in [5.74, 6) is -1.13. The number of alkyl halides is 3. The third-order valence-corrected chi connectivity index (χ3v) is 2.77. The molecule has 0 radical (unpaired) electrons. The fraction of sp³-hybridized carbons (Fsp3) is 0.429. The predicted octanol–water partition coefficient (Wildman–Crippen LogP) is 2.80. The molecular weight excluding hydrogens is 285 g/mol. The Labute approximate surface area is 120 Å². The van der Waals surface area contributed by atoms with Crippen molar-refractivity contribution in [3.05, 3.63) is 29.8 Å². The first-order valence-corrected chi connectivity index (χ1v) is 6.36. The molecule has 1 atom stereocenters. The fourth-order valence-electron chi connectivity index (χ4n) is 1.75. The largest absolute Gasteiger partial charge is 0.416 e. The van der Waals surface area contributed by atoms with Crippen LogP contribution in [0.25, 0.3) is 0 Å². The Kier molecular flexibility index (Phi) is 5.34. The Balaban J connectivity index is 2.89. The van der Waals surface area contributed by atoms with Crippen molar-refractivity contribution in [2.45, 2.75) is 33.0 Å². The van der Waals surface area contributed by atoms with Gasteiger partial charge in [-0.05, 0) is 24.1 Å². The lowest BCUT2D eigenvalue weighted by Gasteiger charge is -2.21. The minimum Gasteiger partial charge on any atom is -0.344 e. The molecule has 0 unspecified atom stereocenters. The van der Waals surface area contributed by atoms with Gasteiger partial charge < -0.3 is 10.6 Å². The second-order valence-corrected chi connectivity index (χ2v) is 4.99. The van der Waals surface area contributed by atoms with Crippen molar-refractivity contribution in [2.24, 2.45) is 5.92 Å². The molecule has 0 aliphatic carbocycles. The molecule has 0 aliphatic heterocycles. The van der Waals surface area contributed by atoms with E-state index in [1.807, 2.05) is 0 Å². The molecule has 1 rings (SSSR count). The van der Waals surface area contributed by atoms with E-state index in [9.17, 15) is 22.8 Å². The Morgan fingerprint density at radius 1 is 1.19 bits per heavy atom. The van der Waals surface area contributed by atoms with Crippen molar-refractivity contribution in [3.63, 3.8) is 0 Å². The molecule has 4 nitrogen and oxygen atoms in total. The van der Waals surface area contributed by atoms with Gasteiger partial charge in [-0.2, -0.15) is 13.2 Å². The Morgan fingerprint density at radius 3 is 2.29 bits per heavy atom. The summed E-state index contributed by atoms with van der Waals surface area (Å²) in [6, 6.07) is 3.53. The maximum atomic E-state index is 12.6. The lowest BCUT2D eigenvalue weighted by Crippen LogP contribution is -2.46. The minimum atomic E-state index is -4.48. The zero-order chi connectivity index (χ0) is 16.2. The molecule has 2 amide bonds. The van der Waals surface area contributed by atoms with Gasteiger partial charge in [-0.25, -0.2) is 0 Å². The number of carbonyl (C=O) groups is 2. The third kappa shape index (κ3) is 5.09. The summed E-state index contributed by atoms with van der Waals surface area (Å²) in [6.45, 7) is 4.73. The first kappa shape index (κ1) is 17.0. The van der Waals surface area contributed by atoms with Crippen LogP contribution in [0, 0.1) is 5.92 Å². The normalized spacial score (nSPS) is 12.9. The molecule has 116 valence electrons. The summed E-state index contributed by atoms with van der Waals surface area (Å²) in [7, 11) is 0. The maximum absolute atomic E-state index is 12.6. The SMILES string of the molecule is CC(=O)N[C@@H](C(=O)Nc1cccc(C(F)(F)F)c1)C(C)C. The molecule has 1 aromatic rings. The number of hydrogen-bond acceptors (Lipinski definition) is 2. The lowest BCUT2D eigenvalue weighted by atomic mass is 10.0. The van der Waals surface area contributed by atoms with E-state index in [2.05, 4.69) is 10.6 Å². The summed E-state index contributed by atoms with van der Waals surface area (Å²) < 4.78 is 37.8. The van der Waals surface area contributed by atoms with Gasteiger partial charge in [0.05, 0.1) is 5.56 Å². The topological polar surface area (TPSA) is 58.2 Å². The van der Waals surface area contributed by atoms with E-state index < -0.39 is 23.7 Å². The highest BCUT2D eigenvalue weighted by Gasteiger charge is 2.31.